The predicted octanol–water partition coefficient (Wildman–Crippen LogP) is 4.69. The van der Waals surface area contributed by atoms with Gasteiger partial charge in [-0.1, -0.05) is 6.07 Å². The number of amides is 1. The van der Waals surface area contributed by atoms with Crippen LogP contribution in [0.3, 0.4) is 0 Å². The first-order chi connectivity index (χ1) is 19.7. The molecule has 5 rings (SSSR count). The minimum Gasteiger partial charge on any atom is -0.494 e. The molecule has 0 aliphatic carbocycles. The van der Waals surface area contributed by atoms with Crippen LogP contribution in [0.5, 0.6) is 23.0 Å². The summed E-state index contributed by atoms with van der Waals surface area (Å²) in [6.07, 6.45) is -1.58. The summed E-state index contributed by atoms with van der Waals surface area (Å²) in [5, 5.41) is 0. The Balaban J connectivity index is 1.79. The van der Waals surface area contributed by atoms with Crippen molar-refractivity contribution in [2.45, 2.75) is 12.2 Å². The lowest BCUT2D eigenvalue weighted by Crippen LogP contribution is -2.36. The third-order valence-corrected chi connectivity index (χ3v) is 7.11. The van der Waals surface area contributed by atoms with Crippen molar-refractivity contribution in [3.63, 3.8) is 0 Å². The van der Waals surface area contributed by atoms with Gasteiger partial charge >= 0.3 is 17.8 Å². The SMILES string of the molecule is COc1ccc(C2(OC([NH])=O)OC(=O)C(c3ccc4nsnc4c3)=C2Cc2cc(OC)c(OC)c(OC)c2)cc1F. The van der Waals surface area contributed by atoms with Crippen molar-refractivity contribution in [3.8, 4) is 23.0 Å². The van der Waals surface area contributed by atoms with E-state index < -0.39 is 23.7 Å². The zero-order chi connectivity index (χ0) is 29.3. The summed E-state index contributed by atoms with van der Waals surface area (Å²) in [4.78, 5) is 25.8. The topological polar surface area (TPSA) is 139 Å². The molecule has 0 fully saturated rings. The lowest BCUT2D eigenvalue weighted by molar-refractivity contribution is -0.184. The molecule has 211 valence electrons. The molecule has 1 atom stereocenters. The number of benzene rings is 3. The maximum Gasteiger partial charge on any atom is 0.429 e. The molecule has 2 heterocycles. The fourth-order valence-corrected chi connectivity index (χ4v) is 5.30. The van der Waals surface area contributed by atoms with E-state index >= 15 is 0 Å². The molecule has 1 amide bonds. The Labute approximate surface area is 237 Å². The van der Waals surface area contributed by atoms with Gasteiger partial charge in [0, 0.05) is 17.6 Å². The van der Waals surface area contributed by atoms with Gasteiger partial charge in [0.2, 0.25) is 5.75 Å². The molecule has 11 nitrogen and oxygen atoms in total. The van der Waals surface area contributed by atoms with Gasteiger partial charge in [0.15, 0.2) is 23.1 Å². The zero-order valence-electron chi connectivity index (χ0n) is 22.3. The second-order valence-electron chi connectivity index (χ2n) is 8.78. The molecular formula is C28H23FN3O8S. The van der Waals surface area contributed by atoms with E-state index in [1.807, 2.05) is 0 Å². The summed E-state index contributed by atoms with van der Waals surface area (Å²) in [7, 11) is 5.67. The third kappa shape index (κ3) is 4.84. The minimum atomic E-state index is -2.28. The highest BCUT2D eigenvalue weighted by Gasteiger charge is 2.53. The number of cyclic esters (lactones) is 1. The molecule has 3 aromatic carbocycles. The van der Waals surface area contributed by atoms with E-state index in [2.05, 4.69) is 8.75 Å². The van der Waals surface area contributed by atoms with Crippen LogP contribution < -0.4 is 24.7 Å². The Morgan fingerprint density at radius 2 is 1.61 bits per heavy atom. The molecule has 0 saturated carbocycles. The van der Waals surface area contributed by atoms with Crippen LogP contribution in [0.15, 0.2) is 54.1 Å². The highest BCUT2D eigenvalue weighted by Crippen LogP contribution is 2.49. The van der Waals surface area contributed by atoms with Crippen molar-refractivity contribution in [3.05, 3.63) is 76.6 Å². The van der Waals surface area contributed by atoms with E-state index in [9.17, 15) is 14.0 Å². The number of esters is 1. The average Bonchev–Trinajstić information content (AvgIpc) is 3.53. The molecule has 1 aromatic heterocycles. The standard InChI is InChI=1S/C28H23FN3O8S/c1-35-21-8-6-16(13-18(21)29)28(40-27(30)34)17(9-14-10-22(36-2)25(38-4)23(11-14)37-3)24(26(33)39-28)15-5-7-19-20(12-15)32-41-31-19/h5-8,10-13,30H,9H2,1-4H3. The van der Waals surface area contributed by atoms with E-state index in [4.69, 9.17) is 34.2 Å². The molecule has 0 saturated heterocycles. The summed E-state index contributed by atoms with van der Waals surface area (Å²) in [5.41, 5.74) is 9.89. The van der Waals surface area contributed by atoms with E-state index in [1.54, 1.807) is 30.3 Å². The van der Waals surface area contributed by atoms with Crippen LogP contribution in [-0.2, 0) is 26.5 Å². The molecule has 41 heavy (non-hydrogen) atoms. The maximum atomic E-state index is 15.0. The quantitative estimate of drug-likeness (QED) is 0.256. The number of fused-ring (bicyclic) bond motifs is 1. The number of aromatic nitrogens is 2. The lowest BCUT2D eigenvalue weighted by atomic mass is 9.87. The van der Waals surface area contributed by atoms with Crippen molar-refractivity contribution in [2.75, 3.05) is 28.4 Å². The smallest absolute Gasteiger partial charge is 0.429 e. The van der Waals surface area contributed by atoms with Gasteiger partial charge in [-0.15, -0.1) is 0 Å². The fourth-order valence-electron chi connectivity index (χ4n) is 4.78. The van der Waals surface area contributed by atoms with Gasteiger partial charge in [-0.3, -0.25) is 0 Å². The molecule has 1 aliphatic heterocycles. The number of ether oxygens (including phenoxy) is 6. The Bertz CT molecular complexity index is 1680. The summed E-state index contributed by atoms with van der Waals surface area (Å²) < 4.78 is 56.1. The molecule has 0 spiro atoms. The first-order valence-electron chi connectivity index (χ1n) is 12.0. The number of hydrogen-bond acceptors (Lipinski definition) is 11. The molecule has 4 aromatic rings. The van der Waals surface area contributed by atoms with E-state index in [-0.39, 0.29) is 28.9 Å². The molecule has 13 heteroatoms. The number of carbonyl (C=O) groups is 2. The molecule has 1 N–H and O–H groups in total. The van der Waals surface area contributed by atoms with Crippen LogP contribution in [-0.4, -0.2) is 49.2 Å². The second-order valence-corrected chi connectivity index (χ2v) is 9.31. The van der Waals surface area contributed by atoms with Gasteiger partial charge in [-0.2, -0.15) is 8.75 Å². The number of halogens is 1. The summed E-state index contributed by atoms with van der Waals surface area (Å²) >= 11 is 1.01. The van der Waals surface area contributed by atoms with Crippen LogP contribution in [0.4, 0.5) is 9.18 Å². The molecule has 1 unspecified atom stereocenters. The van der Waals surface area contributed by atoms with Crippen LogP contribution in [0.2, 0.25) is 0 Å². The van der Waals surface area contributed by atoms with Gasteiger partial charge in [-0.05, 0) is 53.6 Å². The first kappa shape index (κ1) is 27.6. The Hall–Kier alpha value is -4.91. The number of carbonyl (C=O) groups excluding carboxylic acids is 2. The van der Waals surface area contributed by atoms with Crippen LogP contribution in [0.25, 0.3) is 16.6 Å². The number of rotatable bonds is 9. The molecule has 1 radical (unpaired) electrons. The number of hydrogen-bond donors (Lipinski definition) is 0. The van der Waals surface area contributed by atoms with E-state index in [1.165, 1.54) is 40.6 Å². The minimum absolute atomic E-state index is 0.0430. The third-order valence-electron chi connectivity index (χ3n) is 6.56. The maximum absolute atomic E-state index is 15.0. The average molecular weight is 581 g/mol. The normalized spacial score (nSPS) is 16.5. The summed E-state index contributed by atoms with van der Waals surface area (Å²) in [6.45, 7) is 0. The number of methoxy groups -OCH3 is 4. The fraction of sp³-hybridized carbons (Fsp3) is 0.214. The van der Waals surface area contributed by atoms with Crippen LogP contribution in [0, 0.1) is 5.82 Å². The van der Waals surface area contributed by atoms with Crippen molar-refractivity contribution in [1.82, 2.24) is 14.5 Å². The summed E-state index contributed by atoms with van der Waals surface area (Å²) in [5.74, 6) is -3.00. The van der Waals surface area contributed by atoms with Gasteiger partial charge in [0.1, 0.15) is 11.0 Å². The molecule has 0 bridgehead atoms. The Morgan fingerprint density at radius 1 is 0.927 bits per heavy atom. The van der Waals surface area contributed by atoms with Gasteiger partial charge in [0.25, 0.3) is 0 Å². The monoisotopic (exact) mass is 580 g/mol. The molecular weight excluding hydrogens is 557 g/mol. The van der Waals surface area contributed by atoms with Gasteiger partial charge in [-0.25, -0.2) is 19.7 Å². The van der Waals surface area contributed by atoms with Gasteiger partial charge in [0.05, 0.1) is 45.7 Å². The van der Waals surface area contributed by atoms with Crippen LogP contribution in [0.1, 0.15) is 16.7 Å². The zero-order valence-corrected chi connectivity index (χ0v) is 23.1. The predicted molar refractivity (Wildman–Crippen MR) is 144 cm³/mol. The second kappa shape index (κ2) is 10.9. The number of nitrogens with one attached hydrogen (secondary N) is 1. The highest BCUT2D eigenvalue weighted by molar-refractivity contribution is 7.00. The van der Waals surface area contributed by atoms with Gasteiger partial charge < -0.3 is 28.4 Å². The largest absolute Gasteiger partial charge is 0.494 e. The Kier molecular flexibility index (Phi) is 7.37. The summed E-state index contributed by atoms with van der Waals surface area (Å²) in [6, 6.07) is 12.0. The van der Waals surface area contributed by atoms with Crippen LogP contribution >= 0.6 is 11.7 Å². The van der Waals surface area contributed by atoms with E-state index in [0.717, 1.165) is 17.8 Å². The number of nitrogens with zero attached hydrogens (tertiary/aromatic N) is 2. The first-order valence-corrected chi connectivity index (χ1v) is 12.7. The lowest BCUT2D eigenvalue weighted by Gasteiger charge is -2.30. The van der Waals surface area contributed by atoms with Crippen molar-refractivity contribution >= 4 is 40.4 Å². The van der Waals surface area contributed by atoms with E-state index in [0.29, 0.717) is 39.4 Å². The highest BCUT2D eigenvalue weighted by atomic mass is 32.1. The molecule has 1 aliphatic rings. The Morgan fingerprint density at radius 3 is 2.22 bits per heavy atom. The van der Waals surface area contributed by atoms with Crippen molar-refractivity contribution in [1.29, 1.82) is 0 Å². The van der Waals surface area contributed by atoms with Crippen molar-refractivity contribution in [2.24, 2.45) is 0 Å². The van der Waals surface area contributed by atoms with Crippen molar-refractivity contribution < 1.29 is 42.4 Å².